The number of rotatable bonds is 2. The molecule has 0 aliphatic carbocycles. The number of anilines is 2. The first-order valence-electron chi connectivity index (χ1n) is 8.62. The monoisotopic (exact) mass is 435 g/mol. The van der Waals surface area contributed by atoms with E-state index in [2.05, 4.69) is 47.0 Å². The Bertz CT molecular complexity index is 1250. The standard InChI is InChI=1S/C19H14BrN7O/c1-10-5-7-11(8-6-10)15-14-16(18(28)23-22-15)21-19-24-25-26-27(19)17(14)12-3-2-4-13(20)9-12/h2-9,17H,1H3,(H,23,28)(H,21,24,26)/t17-/m1/s1. The molecule has 0 saturated heterocycles. The predicted molar refractivity (Wildman–Crippen MR) is 108 cm³/mol. The lowest BCUT2D eigenvalue weighted by atomic mass is 9.92. The molecule has 2 aromatic carbocycles. The summed E-state index contributed by atoms with van der Waals surface area (Å²) in [5.41, 5.74) is 4.46. The van der Waals surface area contributed by atoms with Crippen molar-refractivity contribution in [3.8, 4) is 11.3 Å². The van der Waals surface area contributed by atoms with Crippen LogP contribution < -0.4 is 10.9 Å². The molecule has 1 aliphatic heterocycles. The SMILES string of the molecule is Cc1ccc(-c2n[nH]c(=O)c3c2[C@@H](c2cccc(Br)c2)n2nnnc2N3)cc1. The van der Waals surface area contributed by atoms with Crippen molar-refractivity contribution in [2.24, 2.45) is 0 Å². The molecule has 0 radical (unpaired) electrons. The van der Waals surface area contributed by atoms with Gasteiger partial charge >= 0.3 is 0 Å². The van der Waals surface area contributed by atoms with E-state index >= 15 is 0 Å². The Kier molecular flexibility index (Phi) is 3.83. The van der Waals surface area contributed by atoms with E-state index in [4.69, 9.17) is 0 Å². The second kappa shape index (κ2) is 6.38. The number of halogens is 1. The van der Waals surface area contributed by atoms with Crippen LogP contribution in [-0.2, 0) is 0 Å². The molecule has 2 aromatic heterocycles. The third-order valence-corrected chi connectivity index (χ3v) is 5.25. The zero-order valence-corrected chi connectivity index (χ0v) is 16.3. The highest BCUT2D eigenvalue weighted by Gasteiger charge is 2.34. The van der Waals surface area contributed by atoms with Crippen molar-refractivity contribution >= 4 is 27.6 Å². The van der Waals surface area contributed by atoms with Gasteiger partial charge in [-0.1, -0.05) is 63.0 Å². The lowest BCUT2D eigenvalue weighted by Gasteiger charge is -2.27. The quantitative estimate of drug-likeness (QED) is 0.441. The molecule has 2 N–H and O–H groups in total. The molecule has 5 rings (SSSR count). The van der Waals surface area contributed by atoms with Gasteiger partial charge in [0.1, 0.15) is 11.7 Å². The fraction of sp³-hybridized carbons (Fsp3) is 0.105. The number of H-pyrrole nitrogens is 1. The van der Waals surface area contributed by atoms with Crippen LogP contribution in [0.2, 0.25) is 0 Å². The third kappa shape index (κ3) is 2.63. The number of nitrogens with one attached hydrogen (secondary N) is 2. The van der Waals surface area contributed by atoms with Crippen LogP contribution in [0.25, 0.3) is 11.3 Å². The van der Waals surface area contributed by atoms with Gasteiger partial charge in [0.2, 0.25) is 5.95 Å². The summed E-state index contributed by atoms with van der Waals surface area (Å²) in [7, 11) is 0. The van der Waals surface area contributed by atoms with Crippen molar-refractivity contribution in [3.63, 3.8) is 0 Å². The van der Waals surface area contributed by atoms with Crippen molar-refractivity contribution in [1.82, 2.24) is 30.4 Å². The molecule has 0 saturated carbocycles. The first-order chi connectivity index (χ1) is 13.6. The lowest BCUT2D eigenvalue weighted by molar-refractivity contribution is 0.567. The molecule has 8 nitrogen and oxygen atoms in total. The van der Waals surface area contributed by atoms with Gasteiger partial charge in [0.25, 0.3) is 5.56 Å². The molecule has 0 bridgehead atoms. The summed E-state index contributed by atoms with van der Waals surface area (Å²) in [6.07, 6.45) is 0. The number of tetrazole rings is 1. The smallest absolute Gasteiger partial charge is 0.288 e. The van der Waals surface area contributed by atoms with Gasteiger partial charge in [-0.2, -0.15) is 9.78 Å². The van der Waals surface area contributed by atoms with E-state index in [9.17, 15) is 4.79 Å². The maximum Gasteiger partial charge on any atom is 0.288 e. The largest absolute Gasteiger partial charge is 0.318 e. The van der Waals surface area contributed by atoms with Crippen molar-refractivity contribution < 1.29 is 0 Å². The second-order valence-corrected chi connectivity index (χ2v) is 7.50. The number of aromatic amines is 1. The fourth-order valence-electron chi connectivity index (χ4n) is 3.45. The van der Waals surface area contributed by atoms with Crippen LogP contribution in [0.5, 0.6) is 0 Å². The van der Waals surface area contributed by atoms with Gasteiger partial charge in [-0.15, -0.1) is 0 Å². The minimum atomic E-state index is -0.398. The molecule has 28 heavy (non-hydrogen) atoms. The number of aromatic nitrogens is 6. The first-order valence-corrected chi connectivity index (χ1v) is 9.41. The summed E-state index contributed by atoms with van der Waals surface area (Å²) in [6, 6.07) is 15.5. The van der Waals surface area contributed by atoms with E-state index in [-0.39, 0.29) is 5.56 Å². The summed E-state index contributed by atoms with van der Waals surface area (Å²) in [6.45, 7) is 2.03. The number of fused-ring (bicyclic) bond motifs is 2. The Hall–Kier alpha value is -3.33. The summed E-state index contributed by atoms with van der Waals surface area (Å²) >= 11 is 3.53. The van der Waals surface area contributed by atoms with Crippen molar-refractivity contribution in [1.29, 1.82) is 0 Å². The topological polar surface area (TPSA) is 101 Å². The minimum Gasteiger partial charge on any atom is -0.318 e. The molecule has 0 spiro atoms. The van der Waals surface area contributed by atoms with Crippen LogP contribution in [-0.4, -0.2) is 30.4 Å². The van der Waals surface area contributed by atoms with E-state index in [0.717, 1.165) is 26.7 Å². The third-order valence-electron chi connectivity index (χ3n) is 4.76. The Morgan fingerprint density at radius 3 is 2.75 bits per heavy atom. The molecule has 4 aromatic rings. The molecular weight excluding hydrogens is 422 g/mol. The minimum absolute atomic E-state index is 0.319. The molecule has 138 valence electrons. The molecular formula is C19H14BrN7O. The van der Waals surface area contributed by atoms with E-state index in [1.54, 1.807) is 4.68 Å². The van der Waals surface area contributed by atoms with Crippen molar-refractivity contribution in [2.75, 3.05) is 5.32 Å². The van der Waals surface area contributed by atoms with E-state index in [1.807, 2.05) is 55.5 Å². The van der Waals surface area contributed by atoms with Gasteiger partial charge in [-0.05, 0) is 35.0 Å². The Labute approximate surface area is 167 Å². The summed E-state index contributed by atoms with van der Waals surface area (Å²) in [4.78, 5) is 12.6. The van der Waals surface area contributed by atoms with Crippen LogP contribution in [0.3, 0.4) is 0 Å². The molecule has 0 amide bonds. The summed E-state index contributed by atoms with van der Waals surface area (Å²) in [5.74, 6) is 0.407. The number of aryl methyl sites for hydroxylation is 1. The van der Waals surface area contributed by atoms with Crippen LogP contribution in [0.1, 0.15) is 22.7 Å². The average molecular weight is 436 g/mol. The molecule has 9 heteroatoms. The lowest BCUT2D eigenvalue weighted by Crippen LogP contribution is -2.29. The van der Waals surface area contributed by atoms with Gasteiger partial charge < -0.3 is 5.32 Å². The van der Waals surface area contributed by atoms with E-state index in [0.29, 0.717) is 17.3 Å². The van der Waals surface area contributed by atoms with Gasteiger partial charge in [0.05, 0.1) is 5.69 Å². The highest BCUT2D eigenvalue weighted by atomic mass is 79.9. The number of benzene rings is 2. The number of nitrogens with zero attached hydrogens (tertiary/aromatic N) is 5. The normalized spacial score (nSPS) is 14.9. The highest BCUT2D eigenvalue weighted by Crippen LogP contribution is 2.41. The fourth-order valence-corrected chi connectivity index (χ4v) is 3.87. The van der Waals surface area contributed by atoms with Crippen LogP contribution >= 0.6 is 15.9 Å². The van der Waals surface area contributed by atoms with Crippen molar-refractivity contribution in [3.05, 3.63) is 80.0 Å². The molecule has 1 atom stereocenters. The maximum absolute atomic E-state index is 12.6. The van der Waals surface area contributed by atoms with E-state index in [1.165, 1.54) is 0 Å². The maximum atomic E-state index is 12.6. The summed E-state index contributed by atoms with van der Waals surface area (Å²) in [5, 5.41) is 22.0. The predicted octanol–water partition coefficient (Wildman–Crippen LogP) is 3.19. The molecule has 0 fully saturated rings. The Morgan fingerprint density at radius 1 is 1.14 bits per heavy atom. The average Bonchev–Trinajstić information content (AvgIpc) is 3.16. The Balaban J connectivity index is 1.82. The van der Waals surface area contributed by atoms with E-state index < -0.39 is 6.04 Å². The van der Waals surface area contributed by atoms with Crippen LogP contribution in [0.4, 0.5) is 11.6 Å². The number of hydrogen-bond donors (Lipinski definition) is 2. The van der Waals surface area contributed by atoms with Gasteiger partial charge in [0.15, 0.2) is 0 Å². The van der Waals surface area contributed by atoms with Crippen molar-refractivity contribution in [2.45, 2.75) is 13.0 Å². The van der Waals surface area contributed by atoms with Gasteiger partial charge in [-0.3, -0.25) is 4.79 Å². The molecule has 1 aliphatic rings. The van der Waals surface area contributed by atoms with Crippen LogP contribution in [0, 0.1) is 6.92 Å². The van der Waals surface area contributed by atoms with Gasteiger partial charge in [0, 0.05) is 15.6 Å². The molecule has 3 heterocycles. The zero-order valence-electron chi connectivity index (χ0n) is 14.7. The zero-order chi connectivity index (χ0) is 19.3. The highest BCUT2D eigenvalue weighted by molar-refractivity contribution is 9.10. The summed E-state index contributed by atoms with van der Waals surface area (Å²) < 4.78 is 2.59. The Morgan fingerprint density at radius 2 is 1.96 bits per heavy atom. The van der Waals surface area contributed by atoms with Gasteiger partial charge in [-0.25, -0.2) is 5.10 Å². The molecule has 0 unspecified atom stereocenters. The first kappa shape index (κ1) is 16.8. The number of hydrogen-bond acceptors (Lipinski definition) is 6. The van der Waals surface area contributed by atoms with Crippen LogP contribution in [0.15, 0.2) is 57.8 Å². The second-order valence-electron chi connectivity index (χ2n) is 6.59.